The van der Waals surface area contributed by atoms with E-state index in [4.69, 9.17) is 21.1 Å². The molecule has 2 aromatic rings. The number of carbonyl (C=O) groups is 1. The highest BCUT2D eigenvalue weighted by atomic mass is 35.5. The van der Waals surface area contributed by atoms with E-state index < -0.39 is 0 Å². The van der Waals surface area contributed by atoms with Crippen LogP contribution < -0.4 is 5.32 Å². The summed E-state index contributed by atoms with van der Waals surface area (Å²) in [5.74, 6) is -0.210. The van der Waals surface area contributed by atoms with Gasteiger partial charge in [-0.3, -0.25) is 4.79 Å². The summed E-state index contributed by atoms with van der Waals surface area (Å²) in [5.41, 5.74) is 3.59. The molecule has 128 valence electrons. The van der Waals surface area contributed by atoms with E-state index in [1.54, 1.807) is 6.07 Å². The van der Waals surface area contributed by atoms with Gasteiger partial charge in [0.05, 0.1) is 36.5 Å². The Kier molecular flexibility index (Phi) is 5.23. The van der Waals surface area contributed by atoms with Crippen LogP contribution in [0, 0.1) is 13.8 Å². The Morgan fingerprint density at radius 3 is 2.67 bits per heavy atom. The molecule has 1 amide bonds. The molecule has 0 aliphatic carbocycles. The number of halogens is 1. The predicted octanol–water partition coefficient (Wildman–Crippen LogP) is 2.89. The van der Waals surface area contributed by atoms with E-state index in [1.165, 1.54) is 0 Å². The summed E-state index contributed by atoms with van der Waals surface area (Å²) in [6, 6.07) is 9.58. The molecule has 1 N–H and O–H groups in total. The van der Waals surface area contributed by atoms with Gasteiger partial charge in [-0.15, -0.1) is 0 Å². The molecule has 1 saturated heterocycles. The molecule has 0 saturated carbocycles. The Hall–Kier alpha value is -1.82. The number of aromatic nitrogens is 1. The minimum absolute atomic E-state index is 0.112. The third-order valence-corrected chi connectivity index (χ3v) is 4.43. The number of aryl methyl sites for hydroxylation is 2. The quantitative estimate of drug-likeness (QED) is 0.924. The van der Waals surface area contributed by atoms with Gasteiger partial charge in [0.1, 0.15) is 0 Å². The van der Waals surface area contributed by atoms with Crippen molar-refractivity contribution in [1.29, 1.82) is 0 Å². The van der Waals surface area contributed by atoms with Crippen LogP contribution >= 0.6 is 11.6 Å². The van der Waals surface area contributed by atoms with Crippen molar-refractivity contribution in [3.05, 3.63) is 52.3 Å². The van der Waals surface area contributed by atoms with Crippen LogP contribution in [0.2, 0.25) is 5.02 Å². The van der Waals surface area contributed by atoms with E-state index in [-0.39, 0.29) is 12.0 Å². The van der Waals surface area contributed by atoms with Gasteiger partial charge in [-0.25, -0.2) is 0 Å². The summed E-state index contributed by atoms with van der Waals surface area (Å²) >= 11 is 6.23. The highest BCUT2D eigenvalue weighted by Crippen LogP contribution is 2.23. The monoisotopic (exact) mass is 348 g/mol. The third-order valence-electron chi connectivity index (χ3n) is 4.10. The number of rotatable bonds is 4. The normalized spacial score (nSPS) is 17.7. The topological polar surface area (TPSA) is 52.5 Å². The van der Waals surface area contributed by atoms with E-state index in [0.717, 1.165) is 17.1 Å². The zero-order chi connectivity index (χ0) is 17.1. The Labute approximate surface area is 146 Å². The summed E-state index contributed by atoms with van der Waals surface area (Å²) < 4.78 is 13.0. The van der Waals surface area contributed by atoms with Crippen LogP contribution in [-0.2, 0) is 9.47 Å². The zero-order valence-corrected chi connectivity index (χ0v) is 14.6. The molecule has 5 nitrogen and oxygen atoms in total. The second-order valence-electron chi connectivity index (χ2n) is 5.89. The molecule has 1 atom stereocenters. The molecule has 1 aliphatic rings. The van der Waals surface area contributed by atoms with Gasteiger partial charge in [0.2, 0.25) is 0 Å². The average Bonchev–Trinajstić information content (AvgIpc) is 2.93. The first-order valence-electron chi connectivity index (χ1n) is 7.98. The maximum absolute atomic E-state index is 12.5. The van der Waals surface area contributed by atoms with E-state index in [0.29, 0.717) is 37.0 Å². The molecule has 1 aliphatic heterocycles. The van der Waals surface area contributed by atoms with Crippen LogP contribution in [0.15, 0.2) is 30.3 Å². The van der Waals surface area contributed by atoms with Crippen LogP contribution in [0.25, 0.3) is 5.69 Å². The number of hydrogen-bond donors (Lipinski definition) is 1. The van der Waals surface area contributed by atoms with Crippen molar-refractivity contribution in [3.63, 3.8) is 0 Å². The number of amides is 1. The van der Waals surface area contributed by atoms with Crippen molar-refractivity contribution in [2.75, 3.05) is 26.4 Å². The lowest BCUT2D eigenvalue weighted by atomic mass is 10.1. The first-order chi connectivity index (χ1) is 11.6. The highest BCUT2D eigenvalue weighted by Gasteiger charge is 2.18. The van der Waals surface area contributed by atoms with Crippen molar-refractivity contribution >= 4 is 17.5 Å². The Morgan fingerprint density at radius 2 is 2.00 bits per heavy atom. The third kappa shape index (κ3) is 3.64. The number of carbonyl (C=O) groups excluding carboxylic acids is 1. The predicted molar refractivity (Wildman–Crippen MR) is 93.1 cm³/mol. The van der Waals surface area contributed by atoms with Gasteiger partial charge < -0.3 is 19.4 Å². The molecule has 1 aromatic carbocycles. The van der Waals surface area contributed by atoms with Crippen LogP contribution in [-0.4, -0.2) is 42.9 Å². The lowest BCUT2D eigenvalue weighted by molar-refractivity contribution is -0.0855. The fraction of sp³-hybridized carbons (Fsp3) is 0.389. The second kappa shape index (κ2) is 7.38. The average molecular weight is 349 g/mol. The molecule has 1 fully saturated rings. The van der Waals surface area contributed by atoms with Crippen molar-refractivity contribution in [1.82, 2.24) is 9.88 Å². The summed E-state index contributed by atoms with van der Waals surface area (Å²) in [7, 11) is 0. The van der Waals surface area contributed by atoms with Crippen LogP contribution in [0.3, 0.4) is 0 Å². The van der Waals surface area contributed by atoms with E-state index >= 15 is 0 Å². The molecular formula is C18H21ClN2O3. The van der Waals surface area contributed by atoms with Gasteiger partial charge in [-0.1, -0.05) is 11.6 Å². The molecule has 0 radical (unpaired) electrons. The van der Waals surface area contributed by atoms with Crippen molar-refractivity contribution in [3.8, 4) is 5.69 Å². The molecule has 0 bridgehead atoms. The summed E-state index contributed by atoms with van der Waals surface area (Å²) in [6.45, 7) is 6.12. The Morgan fingerprint density at radius 1 is 1.25 bits per heavy atom. The number of nitrogens with zero attached hydrogens (tertiary/aromatic N) is 1. The summed E-state index contributed by atoms with van der Waals surface area (Å²) in [6.07, 6.45) is -0.112. The van der Waals surface area contributed by atoms with E-state index in [1.807, 2.05) is 38.1 Å². The Balaban J connectivity index is 1.77. The molecule has 1 aromatic heterocycles. The fourth-order valence-corrected chi connectivity index (χ4v) is 3.06. The highest BCUT2D eigenvalue weighted by molar-refractivity contribution is 6.33. The molecule has 2 heterocycles. The first-order valence-corrected chi connectivity index (χ1v) is 8.36. The maximum atomic E-state index is 12.5. The minimum Gasteiger partial charge on any atom is -0.376 e. The van der Waals surface area contributed by atoms with E-state index in [9.17, 15) is 4.79 Å². The fourth-order valence-electron chi connectivity index (χ4n) is 2.86. The van der Waals surface area contributed by atoms with Crippen LogP contribution in [0.5, 0.6) is 0 Å². The van der Waals surface area contributed by atoms with Gasteiger partial charge in [0, 0.05) is 23.6 Å². The lowest BCUT2D eigenvalue weighted by Crippen LogP contribution is -2.39. The van der Waals surface area contributed by atoms with Crippen molar-refractivity contribution in [2.45, 2.75) is 20.0 Å². The van der Waals surface area contributed by atoms with Crippen molar-refractivity contribution in [2.24, 2.45) is 0 Å². The molecule has 0 unspecified atom stereocenters. The van der Waals surface area contributed by atoms with Gasteiger partial charge in [0.15, 0.2) is 0 Å². The maximum Gasteiger partial charge on any atom is 0.252 e. The van der Waals surface area contributed by atoms with Crippen LogP contribution in [0.1, 0.15) is 21.7 Å². The first kappa shape index (κ1) is 17.0. The standard InChI is InChI=1S/C18H21ClN2O3/c1-12-3-4-13(2)21(12)14-5-6-17(19)16(9-14)18(22)20-10-15-11-23-7-8-24-15/h3-6,9,15H,7-8,10-11H2,1-2H3,(H,20,22)/t15-/m0/s1. The van der Waals surface area contributed by atoms with Crippen LogP contribution in [0.4, 0.5) is 0 Å². The summed E-state index contributed by atoms with van der Waals surface area (Å²) in [4.78, 5) is 12.5. The number of hydrogen-bond acceptors (Lipinski definition) is 3. The SMILES string of the molecule is Cc1ccc(C)n1-c1ccc(Cl)c(C(=O)NC[C@H]2COCCO2)c1. The zero-order valence-electron chi connectivity index (χ0n) is 13.8. The number of benzene rings is 1. The van der Waals surface area contributed by atoms with Gasteiger partial charge >= 0.3 is 0 Å². The van der Waals surface area contributed by atoms with Gasteiger partial charge in [-0.05, 0) is 44.2 Å². The molecule has 24 heavy (non-hydrogen) atoms. The molecule has 3 rings (SSSR count). The van der Waals surface area contributed by atoms with Gasteiger partial charge in [0.25, 0.3) is 5.91 Å². The number of ether oxygens (including phenoxy) is 2. The molecule has 6 heteroatoms. The Bertz CT molecular complexity index is 716. The smallest absolute Gasteiger partial charge is 0.252 e. The minimum atomic E-state index is -0.210. The van der Waals surface area contributed by atoms with Gasteiger partial charge in [-0.2, -0.15) is 0 Å². The second-order valence-corrected chi connectivity index (χ2v) is 6.30. The van der Waals surface area contributed by atoms with Crippen molar-refractivity contribution < 1.29 is 14.3 Å². The number of nitrogens with one attached hydrogen (secondary N) is 1. The lowest BCUT2D eigenvalue weighted by Gasteiger charge is -2.23. The molecular weight excluding hydrogens is 328 g/mol. The van der Waals surface area contributed by atoms with E-state index in [2.05, 4.69) is 9.88 Å². The largest absolute Gasteiger partial charge is 0.376 e. The summed E-state index contributed by atoms with van der Waals surface area (Å²) in [5, 5.41) is 3.30. The molecule has 0 spiro atoms.